The fourth-order valence-corrected chi connectivity index (χ4v) is 2.69. The number of allylic oxidation sites excluding steroid dienone is 1. The molecular formula is C16H17N3O2. The number of nitrogens with one attached hydrogen (secondary N) is 1. The zero-order chi connectivity index (χ0) is 14.7. The molecule has 108 valence electrons. The van der Waals surface area contributed by atoms with Gasteiger partial charge in [0.1, 0.15) is 0 Å². The topological polar surface area (TPSA) is 75.1 Å². The van der Waals surface area contributed by atoms with Gasteiger partial charge in [-0.2, -0.15) is 0 Å². The van der Waals surface area contributed by atoms with Gasteiger partial charge in [-0.1, -0.05) is 29.8 Å². The molecule has 5 heteroatoms. The Hall–Kier alpha value is -2.43. The number of carbonyl (C=O) groups is 1. The van der Waals surface area contributed by atoms with E-state index in [-0.39, 0.29) is 5.69 Å². The van der Waals surface area contributed by atoms with Crippen molar-refractivity contribution in [3.8, 4) is 0 Å². The standard InChI is InChI=1S/C16H17N3O2/c20-16(21)15-14(17-10-9-11-5-1-2-6-11)12-7-3-4-8-13(12)18-19-15/h3-5,7-8H,1-2,6,9-10H2,(H,17,18)(H,20,21). The van der Waals surface area contributed by atoms with Crippen LogP contribution in [0, 0.1) is 0 Å². The van der Waals surface area contributed by atoms with Gasteiger partial charge in [-0.05, 0) is 31.7 Å². The van der Waals surface area contributed by atoms with Crippen molar-refractivity contribution >= 4 is 22.6 Å². The molecule has 0 saturated heterocycles. The molecule has 1 aliphatic carbocycles. The Morgan fingerprint density at radius 1 is 1.29 bits per heavy atom. The van der Waals surface area contributed by atoms with E-state index in [1.807, 2.05) is 24.3 Å². The number of fused-ring (bicyclic) bond motifs is 1. The third kappa shape index (κ3) is 2.86. The first kappa shape index (κ1) is 13.5. The van der Waals surface area contributed by atoms with Gasteiger partial charge in [-0.15, -0.1) is 10.2 Å². The summed E-state index contributed by atoms with van der Waals surface area (Å²) in [6.45, 7) is 0.710. The number of carboxylic acids is 1. The van der Waals surface area contributed by atoms with Gasteiger partial charge in [0.25, 0.3) is 0 Å². The van der Waals surface area contributed by atoms with Gasteiger partial charge in [0.15, 0.2) is 5.69 Å². The van der Waals surface area contributed by atoms with E-state index < -0.39 is 5.97 Å². The third-order valence-corrected chi connectivity index (χ3v) is 3.75. The highest BCUT2D eigenvalue weighted by atomic mass is 16.4. The quantitative estimate of drug-likeness (QED) is 0.824. The Labute approximate surface area is 122 Å². The van der Waals surface area contributed by atoms with Crippen LogP contribution in [0.4, 0.5) is 5.69 Å². The lowest BCUT2D eigenvalue weighted by Gasteiger charge is -2.11. The van der Waals surface area contributed by atoms with Crippen molar-refractivity contribution in [3.05, 3.63) is 41.6 Å². The van der Waals surface area contributed by atoms with Gasteiger partial charge in [-0.3, -0.25) is 0 Å². The van der Waals surface area contributed by atoms with Gasteiger partial charge in [0.2, 0.25) is 0 Å². The molecule has 3 rings (SSSR count). The van der Waals surface area contributed by atoms with Gasteiger partial charge < -0.3 is 10.4 Å². The molecule has 0 radical (unpaired) electrons. The number of anilines is 1. The van der Waals surface area contributed by atoms with Gasteiger partial charge in [-0.25, -0.2) is 4.79 Å². The van der Waals surface area contributed by atoms with Crippen LogP contribution < -0.4 is 5.32 Å². The van der Waals surface area contributed by atoms with Crippen LogP contribution in [0.15, 0.2) is 35.9 Å². The number of aromatic carboxylic acids is 1. The van der Waals surface area contributed by atoms with Crippen LogP contribution in [0.1, 0.15) is 36.2 Å². The summed E-state index contributed by atoms with van der Waals surface area (Å²) in [6.07, 6.45) is 6.77. The van der Waals surface area contributed by atoms with Crippen LogP contribution in [0.25, 0.3) is 10.9 Å². The van der Waals surface area contributed by atoms with E-state index in [0.29, 0.717) is 17.7 Å². The summed E-state index contributed by atoms with van der Waals surface area (Å²) in [5.74, 6) is -1.06. The number of nitrogens with zero attached hydrogens (tertiary/aromatic N) is 2. The first-order valence-corrected chi connectivity index (χ1v) is 7.16. The number of hydrogen-bond acceptors (Lipinski definition) is 4. The van der Waals surface area contributed by atoms with Crippen LogP contribution in [0.5, 0.6) is 0 Å². The maximum absolute atomic E-state index is 11.3. The van der Waals surface area contributed by atoms with Crippen molar-refractivity contribution in [2.24, 2.45) is 0 Å². The van der Waals surface area contributed by atoms with Crippen LogP contribution in [-0.4, -0.2) is 27.8 Å². The second-order valence-electron chi connectivity index (χ2n) is 5.18. The monoisotopic (exact) mass is 283 g/mol. The summed E-state index contributed by atoms with van der Waals surface area (Å²) < 4.78 is 0. The van der Waals surface area contributed by atoms with Crippen molar-refractivity contribution in [3.63, 3.8) is 0 Å². The maximum atomic E-state index is 11.3. The van der Waals surface area contributed by atoms with Crippen molar-refractivity contribution in [1.29, 1.82) is 0 Å². The molecule has 0 fully saturated rings. The minimum atomic E-state index is -1.06. The predicted molar refractivity (Wildman–Crippen MR) is 81.5 cm³/mol. The van der Waals surface area contributed by atoms with Crippen molar-refractivity contribution in [2.75, 3.05) is 11.9 Å². The maximum Gasteiger partial charge on any atom is 0.358 e. The summed E-state index contributed by atoms with van der Waals surface area (Å²) in [6, 6.07) is 7.44. The average molecular weight is 283 g/mol. The SMILES string of the molecule is O=C(O)c1nnc2ccccc2c1NCCC1=CCCC1. The molecule has 0 atom stereocenters. The second-order valence-corrected chi connectivity index (χ2v) is 5.18. The predicted octanol–water partition coefficient (Wildman–Crippen LogP) is 3.24. The van der Waals surface area contributed by atoms with Crippen molar-refractivity contribution in [1.82, 2.24) is 10.2 Å². The number of rotatable bonds is 5. The first-order valence-electron chi connectivity index (χ1n) is 7.16. The summed E-state index contributed by atoms with van der Waals surface area (Å²) in [5.41, 5.74) is 2.69. The molecule has 21 heavy (non-hydrogen) atoms. The van der Waals surface area contributed by atoms with E-state index in [2.05, 4.69) is 21.6 Å². The molecule has 1 aromatic heterocycles. The van der Waals surface area contributed by atoms with Crippen molar-refractivity contribution in [2.45, 2.75) is 25.7 Å². The number of aromatic nitrogens is 2. The third-order valence-electron chi connectivity index (χ3n) is 3.75. The molecule has 0 aliphatic heterocycles. The lowest BCUT2D eigenvalue weighted by Crippen LogP contribution is -2.11. The van der Waals surface area contributed by atoms with Crippen LogP contribution in [-0.2, 0) is 0 Å². The van der Waals surface area contributed by atoms with Crippen LogP contribution >= 0.6 is 0 Å². The molecule has 0 saturated carbocycles. The summed E-state index contributed by atoms with van der Waals surface area (Å²) in [5, 5.41) is 21.1. The van der Waals surface area contributed by atoms with Crippen LogP contribution in [0.3, 0.4) is 0 Å². The highest BCUT2D eigenvalue weighted by Gasteiger charge is 2.16. The molecule has 1 aromatic carbocycles. The first-order chi connectivity index (χ1) is 10.3. The van der Waals surface area contributed by atoms with Gasteiger partial charge in [0.05, 0.1) is 11.2 Å². The zero-order valence-corrected chi connectivity index (χ0v) is 11.7. The summed E-state index contributed by atoms with van der Waals surface area (Å²) >= 11 is 0. The lowest BCUT2D eigenvalue weighted by molar-refractivity contribution is 0.0690. The number of hydrogen-bond donors (Lipinski definition) is 2. The zero-order valence-electron chi connectivity index (χ0n) is 11.7. The Morgan fingerprint density at radius 3 is 2.90 bits per heavy atom. The minimum Gasteiger partial charge on any atom is -0.476 e. The molecule has 5 nitrogen and oxygen atoms in total. The normalized spacial score (nSPS) is 14.2. The molecular weight excluding hydrogens is 266 g/mol. The fraction of sp³-hybridized carbons (Fsp3) is 0.312. The van der Waals surface area contributed by atoms with Crippen LogP contribution in [0.2, 0.25) is 0 Å². The number of benzene rings is 1. The summed E-state index contributed by atoms with van der Waals surface area (Å²) in [7, 11) is 0. The smallest absolute Gasteiger partial charge is 0.358 e. The molecule has 0 unspecified atom stereocenters. The molecule has 1 heterocycles. The average Bonchev–Trinajstić information content (AvgIpc) is 3.00. The van der Waals surface area contributed by atoms with E-state index in [4.69, 9.17) is 0 Å². The van der Waals surface area contributed by atoms with E-state index in [1.54, 1.807) is 0 Å². The molecule has 0 amide bonds. The molecule has 2 aromatic rings. The van der Waals surface area contributed by atoms with E-state index in [0.717, 1.165) is 24.6 Å². The number of carboxylic acid groups (broad SMARTS) is 1. The highest BCUT2D eigenvalue weighted by Crippen LogP contribution is 2.25. The molecule has 1 aliphatic rings. The fourth-order valence-electron chi connectivity index (χ4n) is 2.69. The Bertz CT molecular complexity index is 710. The second kappa shape index (κ2) is 5.91. The molecule has 0 bridgehead atoms. The Kier molecular flexibility index (Phi) is 3.81. The lowest BCUT2D eigenvalue weighted by atomic mass is 10.1. The van der Waals surface area contributed by atoms with E-state index in [9.17, 15) is 9.90 Å². The largest absolute Gasteiger partial charge is 0.476 e. The van der Waals surface area contributed by atoms with E-state index in [1.165, 1.54) is 12.0 Å². The van der Waals surface area contributed by atoms with Gasteiger partial charge >= 0.3 is 5.97 Å². The molecule has 2 N–H and O–H groups in total. The Balaban J connectivity index is 1.87. The molecule has 0 spiro atoms. The highest BCUT2D eigenvalue weighted by molar-refractivity contribution is 6.02. The summed E-state index contributed by atoms with van der Waals surface area (Å²) in [4.78, 5) is 11.3. The minimum absolute atomic E-state index is 0.0194. The van der Waals surface area contributed by atoms with E-state index >= 15 is 0 Å². The van der Waals surface area contributed by atoms with Gasteiger partial charge in [0, 0.05) is 11.9 Å². The van der Waals surface area contributed by atoms with Crippen molar-refractivity contribution < 1.29 is 9.90 Å². The Morgan fingerprint density at radius 2 is 2.14 bits per heavy atom.